The number of aryl methyl sites for hydroxylation is 1. The number of hydrogen-bond donors (Lipinski definition) is 2. The van der Waals surface area contributed by atoms with Crippen molar-refractivity contribution in [3.05, 3.63) is 23.8 Å². The Kier molecular flexibility index (Phi) is 3.87. The van der Waals surface area contributed by atoms with Crippen LogP contribution in [-0.2, 0) is 4.79 Å². The van der Waals surface area contributed by atoms with Gasteiger partial charge in [-0.05, 0) is 57.6 Å². The molecule has 0 unspecified atom stereocenters. The maximum absolute atomic E-state index is 12.2. The van der Waals surface area contributed by atoms with Gasteiger partial charge in [0.25, 0.3) is 0 Å². The molecule has 1 fully saturated rings. The predicted molar refractivity (Wildman–Crippen MR) is 74.4 cm³/mol. The van der Waals surface area contributed by atoms with E-state index in [1.54, 1.807) is 0 Å². The average Bonchev–Trinajstić information content (AvgIpc) is 2.34. The summed E-state index contributed by atoms with van der Waals surface area (Å²) in [6.45, 7) is 3.96. The first kappa shape index (κ1) is 12.9. The maximum atomic E-state index is 12.2. The van der Waals surface area contributed by atoms with Gasteiger partial charge in [-0.25, -0.2) is 0 Å². The Balaban J connectivity index is 2.00. The Labute approximate surface area is 108 Å². The van der Waals surface area contributed by atoms with Crippen molar-refractivity contribution < 1.29 is 4.79 Å². The van der Waals surface area contributed by atoms with E-state index in [1.165, 1.54) is 0 Å². The number of piperidine rings is 1. The summed E-state index contributed by atoms with van der Waals surface area (Å²) in [5.41, 5.74) is 8.30. The lowest BCUT2D eigenvalue weighted by Crippen LogP contribution is -2.36. The third-order valence-corrected chi connectivity index (χ3v) is 3.61. The van der Waals surface area contributed by atoms with Gasteiger partial charge in [0.1, 0.15) is 0 Å². The van der Waals surface area contributed by atoms with Gasteiger partial charge in [-0.3, -0.25) is 4.79 Å². The SMILES string of the molecule is Cc1ccc(N)cc1NC(=O)C1CCN(C)CC1. The second-order valence-corrected chi connectivity index (χ2v) is 5.14. The van der Waals surface area contributed by atoms with Crippen LogP contribution in [-0.4, -0.2) is 30.9 Å². The minimum absolute atomic E-state index is 0.122. The first-order valence-electron chi connectivity index (χ1n) is 6.42. The van der Waals surface area contributed by atoms with Crippen molar-refractivity contribution in [1.29, 1.82) is 0 Å². The lowest BCUT2D eigenvalue weighted by molar-refractivity contribution is -0.121. The van der Waals surface area contributed by atoms with Gasteiger partial charge in [-0.15, -0.1) is 0 Å². The van der Waals surface area contributed by atoms with Crippen LogP contribution in [0.15, 0.2) is 18.2 Å². The number of hydrogen-bond acceptors (Lipinski definition) is 3. The third kappa shape index (κ3) is 3.01. The maximum Gasteiger partial charge on any atom is 0.227 e. The summed E-state index contributed by atoms with van der Waals surface area (Å²) in [6, 6.07) is 5.60. The van der Waals surface area contributed by atoms with Crippen molar-refractivity contribution in [1.82, 2.24) is 4.90 Å². The molecule has 0 aliphatic carbocycles. The van der Waals surface area contributed by atoms with Crippen molar-refractivity contribution in [2.45, 2.75) is 19.8 Å². The Bertz CT molecular complexity index is 437. The van der Waals surface area contributed by atoms with Gasteiger partial charge in [-0.1, -0.05) is 6.07 Å². The van der Waals surface area contributed by atoms with Gasteiger partial charge in [0, 0.05) is 17.3 Å². The Morgan fingerprint density at radius 1 is 1.39 bits per heavy atom. The second-order valence-electron chi connectivity index (χ2n) is 5.14. The highest BCUT2D eigenvalue weighted by atomic mass is 16.1. The molecule has 0 bridgehead atoms. The van der Waals surface area contributed by atoms with Crippen LogP contribution in [0, 0.1) is 12.8 Å². The van der Waals surface area contributed by atoms with Gasteiger partial charge < -0.3 is 16.0 Å². The van der Waals surface area contributed by atoms with Crippen LogP contribution in [0.2, 0.25) is 0 Å². The molecular formula is C14H21N3O. The molecule has 1 aromatic carbocycles. The van der Waals surface area contributed by atoms with Gasteiger partial charge >= 0.3 is 0 Å². The van der Waals surface area contributed by atoms with Gasteiger partial charge in [0.15, 0.2) is 0 Å². The molecule has 0 spiro atoms. The number of benzene rings is 1. The number of likely N-dealkylation sites (tertiary alicyclic amines) is 1. The highest BCUT2D eigenvalue weighted by Gasteiger charge is 2.23. The molecule has 4 nitrogen and oxygen atoms in total. The van der Waals surface area contributed by atoms with Crippen molar-refractivity contribution in [3.8, 4) is 0 Å². The zero-order valence-electron chi connectivity index (χ0n) is 11.1. The number of anilines is 2. The van der Waals surface area contributed by atoms with E-state index in [-0.39, 0.29) is 11.8 Å². The van der Waals surface area contributed by atoms with E-state index < -0.39 is 0 Å². The van der Waals surface area contributed by atoms with Gasteiger partial charge in [-0.2, -0.15) is 0 Å². The van der Waals surface area contributed by atoms with Crippen molar-refractivity contribution in [2.75, 3.05) is 31.2 Å². The van der Waals surface area contributed by atoms with E-state index in [0.29, 0.717) is 5.69 Å². The standard InChI is InChI=1S/C14H21N3O/c1-10-3-4-12(15)9-13(10)16-14(18)11-5-7-17(2)8-6-11/h3-4,9,11H,5-8,15H2,1-2H3,(H,16,18). The number of nitrogens with zero attached hydrogens (tertiary/aromatic N) is 1. The summed E-state index contributed by atoms with van der Waals surface area (Å²) in [6.07, 6.45) is 1.87. The smallest absolute Gasteiger partial charge is 0.227 e. The molecule has 4 heteroatoms. The van der Waals surface area contributed by atoms with Crippen LogP contribution in [0.5, 0.6) is 0 Å². The highest BCUT2D eigenvalue weighted by Crippen LogP contribution is 2.22. The van der Waals surface area contributed by atoms with E-state index in [9.17, 15) is 4.79 Å². The van der Waals surface area contributed by atoms with E-state index >= 15 is 0 Å². The molecular weight excluding hydrogens is 226 g/mol. The first-order chi connectivity index (χ1) is 8.56. The molecule has 0 saturated carbocycles. The van der Waals surface area contributed by atoms with Crippen molar-refractivity contribution in [2.24, 2.45) is 5.92 Å². The van der Waals surface area contributed by atoms with Crippen molar-refractivity contribution in [3.63, 3.8) is 0 Å². The molecule has 0 radical (unpaired) electrons. The Morgan fingerprint density at radius 3 is 2.72 bits per heavy atom. The molecule has 1 aromatic rings. The number of carbonyl (C=O) groups excluding carboxylic acids is 1. The topological polar surface area (TPSA) is 58.4 Å². The minimum atomic E-state index is 0.122. The molecule has 0 atom stereocenters. The zero-order valence-corrected chi connectivity index (χ0v) is 11.1. The molecule has 1 saturated heterocycles. The minimum Gasteiger partial charge on any atom is -0.399 e. The molecule has 18 heavy (non-hydrogen) atoms. The van der Waals surface area contributed by atoms with Crippen LogP contribution in [0.3, 0.4) is 0 Å². The molecule has 98 valence electrons. The largest absolute Gasteiger partial charge is 0.399 e. The lowest BCUT2D eigenvalue weighted by Gasteiger charge is -2.28. The molecule has 3 N–H and O–H groups in total. The van der Waals surface area contributed by atoms with E-state index in [0.717, 1.165) is 37.2 Å². The summed E-state index contributed by atoms with van der Waals surface area (Å²) in [5, 5.41) is 3.00. The zero-order chi connectivity index (χ0) is 13.1. The van der Waals surface area contributed by atoms with Crippen molar-refractivity contribution >= 4 is 17.3 Å². The number of rotatable bonds is 2. The normalized spacial score (nSPS) is 17.7. The molecule has 0 aromatic heterocycles. The third-order valence-electron chi connectivity index (χ3n) is 3.61. The molecule has 1 aliphatic heterocycles. The highest BCUT2D eigenvalue weighted by molar-refractivity contribution is 5.93. The van der Waals surface area contributed by atoms with Gasteiger partial charge in [0.2, 0.25) is 5.91 Å². The first-order valence-corrected chi connectivity index (χ1v) is 6.42. The molecule has 1 aliphatic rings. The van der Waals surface area contributed by atoms with Crippen LogP contribution in [0.1, 0.15) is 18.4 Å². The fourth-order valence-electron chi connectivity index (χ4n) is 2.28. The quantitative estimate of drug-likeness (QED) is 0.784. The number of nitrogen functional groups attached to an aromatic ring is 1. The predicted octanol–water partition coefficient (Wildman–Crippen LogP) is 1.86. The fraction of sp³-hybridized carbons (Fsp3) is 0.500. The van der Waals surface area contributed by atoms with E-state index in [4.69, 9.17) is 5.73 Å². The second kappa shape index (κ2) is 5.40. The van der Waals surface area contributed by atoms with Crippen LogP contribution in [0.4, 0.5) is 11.4 Å². The summed E-state index contributed by atoms with van der Waals surface area (Å²) < 4.78 is 0. The summed E-state index contributed by atoms with van der Waals surface area (Å²) in [4.78, 5) is 14.4. The van der Waals surface area contributed by atoms with Crippen LogP contribution >= 0.6 is 0 Å². The molecule has 2 rings (SSSR count). The number of amides is 1. The van der Waals surface area contributed by atoms with Crippen LogP contribution < -0.4 is 11.1 Å². The Morgan fingerprint density at radius 2 is 2.06 bits per heavy atom. The number of nitrogens with two attached hydrogens (primary N) is 1. The molecule has 1 heterocycles. The Hall–Kier alpha value is -1.55. The monoisotopic (exact) mass is 247 g/mol. The van der Waals surface area contributed by atoms with Crippen LogP contribution in [0.25, 0.3) is 0 Å². The average molecular weight is 247 g/mol. The summed E-state index contributed by atoms with van der Waals surface area (Å²) in [7, 11) is 2.09. The fourth-order valence-corrected chi connectivity index (χ4v) is 2.28. The summed E-state index contributed by atoms with van der Waals surface area (Å²) in [5.74, 6) is 0.249. The lowest BCUT2D eigenvalue weighted by atomic mass is 9.96. The number of nitrogens with one attached hydrogen (secondary N) is 1. The van der Waals surface area contributed by atoms with E-state index in [1.807, 2.05) is 25.1 Å². The number of carbonyl (C=O) groups is 1. The summed E-state index contributed by atoms with van der Waals surface area (Å²) >= 11 is 0. The van der Waals surface area contributed by atoms with Gasteiger partial charge in [0.05, 0.1) is 0 Å². The van der Waals surface area contributed by atoms with E-state index in [2.05, 4.69) is 17.3 Å². The molecule has 1 amide bonds.